The zero-order valence-electron chi connectivity index (χ0n) is 10.2. The largest absolute Gasteiger partial charge is 0.481 e. The van der Waals surface area contributed by atoms with Crippen LogP contribution in [0.4, 0.5) is 10.5 Å². The van der Waals surface area contributed by atoms with E-state index < -0.39 is 5.97 Å². The molecule has 1 atom stereocenters. The molecule has 2 rings (SSSR count). The van der Waals surface area contributed by atoms with Crippen molar-refractivity contribution in [1.29, 1.82) is 0 Å². The van der Waals surface area contributed by atoms with Gasteiger partial charge in [-0.2, -0.15) is 0 Å². The first-order valence-corrected chi connectivity index (χ1v) is 6.77. The molecule has 1 fully saturated rings. The van der Waals surface area contributed by atoms with Crippen molar-refractivity contribution in [3.8, 4) is 0 Å². The van der Waals surface area contributed by atoms with Crippen molar-refractivity contribution in [3.63, 3.8) is 0 Å². The van der Waals surface area contributed by atoms with Crippen LogP contribution in [-0.4, -0.2) is 30.3 Å². The smallest absolute Gasteiger partial charge is 0.414 e. The van der Waals surface area contributed by atoms with E-state index in [9.17, 15) is 9.59 Å². The molecule has 0 aromatic heterocycles. The van der Waals surface area contributed by atoms with Gasteiger partial charge in [0.25, 0.3) is 0 Å². The Morgan fingerprint density at radius 2 is 2.11 bits per heavy atom. The Morgan fingerprint density at radius 1 is 1.42 bits per heavy atom. The second kappa shape index (κ2) is 6.06. The molecule has 1 aromatic carbocycles. The summed E-state index contributed by atoms with van der Waals surface area (Å²) in [5, 5.41) is 8.68. The van der Waals surface area contributed by atoms with Gasteiger partial charge in [0.1, 0.15) is 0 Å². The minimum absolute atomic E-state index is 0.0532. The van der Waals surface area contributed by atoms with Crippen LogP contribution >= 0.6 is 15.9 Å². The molecule has 1 saturated heterocycles. The zero-order chi connectivity index (χ0) is 13.8. The summed E-state index contributed by atoms with van der Waals surface area (Å²) in [5.74, 6) is -0.774. The Labute approximate surface area is 119 Å². The molecule has 6 heteroatoms. The van der Waals surface area contributed by atoms with Crippen LogP contribution in [0.5, 0.6) is 0 Å². The van der Waals surface area contributed by atoms with Crippen molar-refractivity contribution >= 4 is 33.7 Å². The molecular formula is C13H14BrNO4. The number of carbonyl (C=O) groups excluding carboxylic acids is 1. The number of hydrogen-bond acceptors (Lipinski definition) is 3. The highest BCUT2D eigenvalue weighted by Gasteiger charge is 2.28. The average Bonchev–Trinajstić information content (AvgIpc) is 2.39. The molecule has 0 radical (unpaired) electrons. The molecule has 102 valence electrons. The number of anilines is 1. The molecule has 0 saturated carbocycles. The average molecular weight is 328 g/mol. The van der Waals surface area contributed by atoms with Crippen LogP contribution in [-0.2, 0) is 9.53 Å². The predicted octanol–water partition coefficient (Wildman–Crippen LogP) is 2.89. The van der Waals surface area contributed by atoms with Crippen molar-refractivity contribution in [2.24, 2.45) is 5.92 Å². The van der Waals surface area contributed by atoms with E-state index in [-0.39, 0.29) is 18.4 Å². The predicted molar refractivity (Wildman–Crippen MR) is 73.2 cm³/mol. The van der Waals surface area contributed by atoms with Gasteiger partial charge in [-0.1, -0.05) is 15.9 Å². The van der Waals surface area contributed by atoms with Gasteiger partial charge >= 0.3 is 12.1 Å². The third kappa shape index (κ3) is 3.70. The first kappa shape index (κ1) is 13.9. The van der Waals surface area contributed by atoms with Gasteiger partial charge in [0, 0.05) is 29.0 Å². The third-order valence-corrected chi connectivity index (χ3v) is 3.54. The number of rotatable bonds is 4. The maximum atomic E-state index is 11.7. The fourth-order valence-electron chi connectivity index (χ4n) is 1.99. The maximum absolute atomic E-state index is 11.7. The Kier molecular flexibility index (Phi) is 4.42. The van der Waals surface area contributed by atoms with Crippen molar-refractivity contribution in [1.82, 2.24) is 0 Å². The SMILES string of the molecule is O=C(O)CCC1COC(=O)N(c2ccc(Br)cc2)C1. The number of carboxylic acids is 1. The van der Waals surface area contributed by atoms with E-state index in [1.807, 2.05) is 24.3 Å². The van der Waals surface area contributed by atoms with Crippen LogP contribution < -0.4 is 4.90 Å². The number of hydrogen-bond donors (Lipinski definition) is 1. The molecule has 1 unspecified atom stereocenters. The summed E-state index contributed by atoms with van der Waals surface area (Å²) in [6.45, 7) is 0.785. The van der Waals surface area contributed by atoms with Gasteiger partial charge in [0.2, 0.25) is 0 Å². The summed E-state index contributed by atoms with van der Waals surface area (Å²) >= 11 is 3.34. The summed E-state index contributed by atoms with van der Waals surface area (Å²) in [4.78, 5) is 23.9. The summed E-state index contributed by atoms with van der Waals surface area (Å²) in [6, 6.07) is 7.35. The Morgan fingerprint density at radius 3 is 2.74 bits per heavy atom. The highest BCUT2D eigenvalue weighted by molar-refractivity contribution is 9.10. The molecule has 1 aliphatic heterocycles. The van der Waals surface area contributed by atoms with Crippen molar-refractivity contribution in [3.05, 3.63) is 28.7 Å². The first-order chi connectivity index (χ1) is 9.06. The van der Waals surface area contributed by atoms with E-state index in [4.69, 9.17) is 9.84 Å². The number of amides is 1. The van der Waals surface area contributed by atoms with Crippen LogP contribution in [0.3, 0.4) is 0 Å². The van der Waals surface area contributed by atoms with Gasteiger partial charge in [-0.25, -0.2) is 4.79 Å². The summed E-state index contributed by atoms with van der Waals surface area (Å²) in [7, 11) is 0. The lowest BCUT2D eigenvalue weighted by Gasteiger charge is -2.32. The lowest BCUT2D eigenvalue weighted by atomic mass is 10.0. The third-order valence-electron chi connectivity index (χ3n) is 3.01. The molecule has 5 nitrogen and oxygen atoms in total. The standard InChI is InChI=1S/C13H14BrNO4/c14-10-2-4-11(5-3-10)15-7-9(1-6-12(16)17)8-19-13(15)18/h2-5,9H,1,6-8H2,(H,16,17). The van der Waals surface area contributed by atoms with Crippen LogP contribution in [0.25, 0.3) is 0 Å². The number of nitrogens with zero attached hydrogens (tertiary/aromatic N) is 1. The second-order valence-corrected chi connectivity index (χ2v) is 5.38. The molecule has 1 amide bonds. The minimum Gasteiger partial charge on any atom is -0.481 e. The number of carbonyl (C=O) groups is 2. The van der Waals surface area contributed by atoms with Gasteiger partial charge in [0.05, 0.1) is 6.61 Å². The zero-order valence-corrected chi connectivity index (χ0v) is 11.8. The van der Waals surface area contributed by atoms with E-state index in [2.05, 4.69) is 15.9 Å². The van der Waals surface area contributed by atoms with E-state index in [0.29, 0.717) is 19.6 Å². The lowest BCUT2D eigenvalue weighted by Crippen LogP contribution is -2.43. The maximum Gasteiger partial charge on any atom is 0.414 e. The van der Waals surface area contributed by atoms with Crippen LogP contribution in [0, 0.1) is 5.92 Å². The second-order valence-electron chi connectivity index (χ2n) is 4.46. The Balaban J connectivity index is 2.04. The number of cyclic esters (lactones) is 1. The summed E-state index contributed by atoms with van der Waals surface area (Å²) in [6.07, 6.45) is 0.223. The Bertz CT molecular complexity index is 474. The first-order valence-electron chi connectivity index (χ1n) is 5.98. The van der Waals surface area contributed by atoms with Gasteiger partial charge in [-0.3, -0.25) is 9.69 Å². The van der Waals surface area contributed by atoms with E-state index in [1.165, 1.54) is 0 Å². The van der Waals surface area contributed by atoms with E-state index in [0.717, 1.165) is 10.2 Å². The van der Waals surface area contributed by atoms with Crippen molar-refractivity contribution in [2.75, 3.05) is 18.1 Å². The van der Waals surface area contributed by atoms with Gasteiger partial charge in [0.15, 0.2) is 0 Å². The van der Waals surface area contributed by atoms with Crippen LogP contribution in [0.1, 0.15) is 12.8 Å². The van der Waals surface area contributed by atoms with Crippen LogP contribution in [0.2, 0.25) is 0 Å². The van der Waals surface area contributed by atoms with Gasteiger partial charge in [-0.05, 0) is 30.7 Å². The molecule has 1 N–H and O–H groups in total. The fraction of sp³-hybridized carbons (Fsp3) is 0.385. The lowest BCUT2D eigenvalue weighted by molar-refractivity contribution is -0.137. The summed E-state index contributed by atoms with van der Waals surface area (Å²) in [5.41, 5.74) is 0.758. The number of halogens is 1. The number of benzene rings is 1. The van der Waals surface area contributed by atoms with Gasteiger partial charge < -0.3 is 9.84 Å². The fourth-order valence-corrected chi connectivity index (χ4v) is 2.25. The Hall–Kier alpha value is -1.56. The molecule has 0 bridgehead atoms. The van der Waals surface area contributed by atoms with Gasteiger partial charge in [-0.15, -0.1) is 0 Å². The molecule has 0 aliphatic carbocycles. The normalized spacial score (nSPS) is 19.1. The molecule has 0 spiro atoms. The van der Waals surface area contributed by atoms with Crippen molar-refractivity contribution in [2.45, 2.75) is 12.8 Å². The molecule has 19 heavy (non-hydrogen) atoms. The van der Waals surface area contributed by atoms with E-state index in [1.54, 1.807) is 4.90 Å². The highest BCUT2D eigenvalue weighted by Crippen LogP contribution is 2.24. The number of ether oxygens (including phenoxy) is 1. The molecule has 1 aromatic rings. The topological polar surface area (TPSA) is 66.8 Å². The molecular weight excluding hydrogens is 314 g/mol. The minimum atomic E-state index is -0.827. The van der Waals surface area contributed by atoms with Crippen molar-refractivity contribution < 1.29 is 19.4 Å². The molecule has 1 aliphatic rings. The summed E-state index contributed by atoms with van der Waals surface area (Å²) < 4.78 is 6.04. The number of carboxylic acid groups (broad SMARTS) is 1. The quantitative estimate of drug-likeness (QED) is 0.923. The molecule has 1 heterocycles. The highest BCUT2D eigenvalue weighted by atomic mass is 79.9. The van der Waals surface area contributed by atoms with Crippen LogP contribution in [0.15, 0.2) is 28.7 Å². The monoisotopic (exact) mass is 327 g/mol. The number of aliphatic carboxylic acids is 1. The van der Waals surface area contributed by atoms with E-state index >= 15 is 0 Å².